The number of aryl methyl sites for hydroxylation is 1. The molecule has 7 nitrogen and oxygen atoms in total. The van der Waals surface area contributed by atoms with Gasteiger partial charge < -0.3 is 0 Å². The van der Waals surface area contributed by atoms with Crippen LogP contribution in [0.1, 0.15) is 0 Å². The molecule has 0 saturated heterocycles. The highest BCUT2D eigenvalue weighted by Gasteiger charge is 2.24. The van der Waals surface area contributed by atoms with Crippen LogP contribution in [-0.2, 0) is 17.1 Å². The molecule has 0 atom stereocenters. The van der Waals surface area contributed by atoms with Crippen molar-refractivity contribution in [3.63, 3.8) is 0 Å². The summed E-state index contributed by atoms with van der Waals surface area (Å²) in [7, 11) is -2.32. The highest BCUT2D eigenvalue weighted by molar-refractivity contribution is 9.10. The van der Waals surface area contributed by atoms with E-state index in [1.807, 2.05) is 24.3 Å². The van der Waals surface area contributed by atoms with Crippen LogP contribution in [0.2, 0.25) is 0 Å². The minimum Gasteiger partial charge on any atom is -0.278 e. The van der Waals surface area contributed by atoms with Crippen molar-refractivity contribution in [2.24, 2.45) is 7.05 Å². The van der Waals surface area contributed by atoms with Crippen LogP contribution >= 0.6 is 15.9 Å². The molecule has 1 N–H and O–H groups in total. The normalized spacial score (nSPS) is 11.4. The lowest BCUT2D eigenvalue weighted by Crippen LogP contribution is -2.17. The Hall–Kier alpha value is -2.26. The van der Waals surface area contributed by atoms with Gasteiger partial charge in [-0.1, -0.05) is 23.4 Å². The lowest BCUT2D eigenvalue weighted by molar-refractivity contribution is 0.578. The van der Waals surface area contributed by atoms with Crippen molar-refractivity contribution in [3.05, 3.63) is 53.4 Å². The number of nitrogens with one attached hydrogen (secondary N) is 1. The molecule has 2 aromatic heterocycles. The van der Waals surface area contributed by atoms with Crippen LogP contribution in [0.5, 0.6) is 0 Å². The van der Waals surface area contributed by atoms with Gasteiger partial charge in [0, 0.05) is 25.0 Å². The molecule has 1 aromatic carbocycles. The molecule has 23 heavy (non-hydrogen) atoms. The number of aromatic nitrogens is 4. The predicted octanol–water partition coefficient (Wildman–Crippen LogP) is 2.44. The van der Waals surface area contributed by atoms with Crippen LogP contribution in [0.4, 0.5) is 5.69 Å². The summed E-state index contributed by atoms with van der Waals surface area (Å²) >= 11 is 3.11. The van der Waals surface area contributed by atoms with Gasteiger partial charge in [0.05, 0.1) is 5.69 Å². The SMILES string of the molecule is Cn1nnc(Br)c1S(=O)(=O)Nc1ccccc1-c1ccncc1. The molecule has 0 aliphatic carbocycles. The first-order chi connectivity index (χ1) is 11.0. The smallest absolute Gasteiger partial charge is 0.278 e. The summed E-state index contributed by atoms with van der Waals surface area (Å²) in [6, 6.07) is 10.8. The molecule has 0 unspecified atom stereocenters. The quantitative estimate of drug-likeness (QED) is 0.734. The number of rotatable bonds is 4. The van der Waals surface area contributed by atoms with Crippen molar-refractivity contribution in [2.45, 2.75) is 5.03 Å². The Kier molecular flexibility index (Phi) is 4.14. The van der Waals surface area contributed by atoms with Gasteiger partial charge >= 0.3 is 0 Å². The fourth-order valence-electron chi connectivity index (χ4n) is 2.16. The third-order valence-electron chi connectivity index (χ3n) is 3.15. The Morgan fingerprint density at radius 3 is 2.48 bits per heavy atom. The monoisotopic (exact) mass is 393 g/mol. The molecule has 9 heteroatoms. The molecule has 0 fully saturated rings. The number of hydrogen-bond acceptors (Lipinski definition) is 5. The molecular formula is C14H12BrN5O2S. The zero-order chi connectivity index (χ0) is 16.4. The summed E-state index contributed by atoms with van der Waals surface area (Å²) in [6.45, 7) is 0. The van der Waals surface area contributed by atoms with E-state index in [1.165, 1.54) is 11.7 Å². The molecule has 0 saturated carbocycles. The van der Waals surface area contributed by atoms with Gasteiger partial charge in [0.1, 0.15) is 0 Å². The molecule has 0 spiro atoms. The summed E-state index contributed by atoms with van der Waals surface area (Å²) in [6.07, 6.45) is 3.31. The number of nitrogens with zero attached hydrogens (tertiary/aromatic N) is 4. The van der Waals surface area contributed by atoms with Gasteiger partial charge in [-0.05, 0) is 39.7 Å². The van der Waals surface area contributed by atoms with Gasteiger partial charge in [-0.15, -0.1) is 5.10 Å². The molecule has 2 heterocycles. The largest absolute Gasteiger partial charge is 0.281 e. The molecule has 3 aromatic rings. The van der Waals surface area contributed by atoms with Crippen molar-refractivity contribution in [1.29, 1.82) is 0 Å². The second kappa shape index (κ2) is 6.09. The topological polar surface area (TPSA) is 89.8 Å². The number of sulfonamides is 1. The van der Waals surface area contributed by atoms with E-state index in [0.717, 1.165) is 11.1 Å². The Balaban J connectivity index is 2.05. The lowest BCUT2D eigenvalue weighted by Gasteiger charge is -2.12. The third kappa shape index (κ3) is 3.10. The Labute approximate surface area is 141 Å². The van der Waals surface area contributed by atoms with E-state index in [-0.39, 0.29) is 9.63 Å². The van der Waals surface area contributed by atoms with E-state index in [0.29, 0.717) is 5.69 Å². The van der Waals surface area contributed by atoms with E-state index in [1.54, 1.807) is 24.5 Å². The maximum Gasteiger partial charge on any atom is 0.281 e. The van der Waals surface area contributed by atoms with Crippen LogP contribution < -0.4 is 4.72 Å². The van der Waals surface area contributed by atoms with Crippen molar-refractivity contribution in [1.82, 2.24) is 20.0 Å². The van der Waals surface area contributed by atoms with Gasteiger partial charge in [-0.3, -0.25) is 9.71 Å². The van der Waals surface area contributed by atoms with E-state index in [4.69, 9.17) is 0 Å². The molecule has 0 aliphatic heterocycles. The van der Waals surface area contributed by atoms with E-state index in [2.05, 4.69) is 35.9 Å². The summed E-state index contributed by atoms with van der Waals surface area (Å²) in [5, 5.41) is 7.36. The van der Waals surface area contributed by atoms with Crippen LogP contribution in [-0.4, -0.2) is 28.4 Å². The highest BCUT2D eigenvalue weighted by Crippen LogP contribution is 2.30. The van der Waals surface area contributed by atoms with Gasteiger partial charge in [-0.2, -0.15) is 8.42 Å². The molecular weight excluding hydrogens is 382 g/mol. The van der Waals surface area contributed by atoms with Gasteiger partial charge in [-0.25, -0.2) is 4.68 Å². The first-order valence-corrected chi connectivity index (χ1v) is 8.84. The molecule has 0 aliphatic rings. The van der Waals surface area contributed by atoms with Crippen molar-refractivity contribution >= 4 is 31.6 Å². The van der Waals surface area contributed by atoms with Gasteiger partial charge in [0.25, 0.3) is 10.0 Å². The summed E-state index contributed by atoms with van der Waals surface area (Å²) < 4.78 is 29.2. The second-order valence-corrected chi connectivity index (χ2v) is 7.04. The number of pyridine rings is 1. The fourth-order valence-corrected chi connectivity index (χ4v) is 4.33. The zero-order valence-electron chi connectivity index (χ0n) is 12.0. The number of benzene rings is 1. The average Bonchev–Trinajstić information content (AvgIpc) is 2.88. The number of anilines is 1. The highest BCUT2D eigenvalue weighted by atomic mass is 79.9. The summed E-state index contributed by atoms with van der Waals surface area (Å²) in [4.78, 5) is 3.97. The van der Waals surface area contributed by atoms with E-state index < -0.39 is 10.0 Å². The Morgan fingerprint density at radius 1 is 1.13 bits per heavy atom. The maximum absolute atomic E-state index is 12.6. The molecule has 0 amide bonds. The molecule has 3 rings (SSSR count). The number of para-hydroxylation sites is 1. The molecule has 118 valence electrons. The standard InChI is InChI=1S/C14H12BrN5O2S/c1-20-14(13(15)17-19-20)23(21,22)18-12-5-3-2-4-11(12)10-6-8-16-9-7-10/h2-9,18H,1H3. The molecule has 0 radical (unpaired) electrons. The van der Waals surface area contributed by atoms with Crippen LogP contribution in [0.15, 0.2) is 58.4 Å². The van der Waals surface area contributed by atoms with Crippen molar-refractivity contribution in [3.8, 4) is 11.1 Å². The zero-order valence-corrected chi connectivity index (χ0v) is 14.4. The van der Waals surface area contributed by atoms with Gasteiger partial charge in [0.2, 0.25) is 5.03 Å². The fraction of sp³-hybridized carbons (Fsp3) is 0.0714. The van der Waals surface area contributed by atoms with Crippen molar-refractivity contribution < 1.29 is 8.42 Å². The van der Waals surface area contributed by atoms with Crippen LogP contribution in [0, 0.1) is 0 Å². The predicted molar refractivity (Wildman–Crippen MR) is 89.2 cm³/mol. The second-order valence-electron chi connectivity index (χ2n) is 4.70. The van der Waals surface area contributed by atoms with Gasteiger partial charge in [0.15, 0.2) is 4.60 Å². The number of halogens is 1. The Bertz CT molecular complexity index is 921. The van der Waals surface area contributed by atoms with Crippen molar-refractivity contribution in [2.75, 3.05) is 4.72 Å². The van der Waals surface area contributed by atoms with Crippen LogP contribution in [0.3, 0.4) is 0 Å². The number of hydrogen-bond donors (Lipinski definition) is 1. The average molecular weight is 394 g/mol. The lowest BCUT2D eigenvalue weighted by atomic mass is 10.1. The Morgan fingerprint density at radius 2 is 1.83 bits per heavy atom. The minimum absolute atomic E-state index is 0.0398. The first kappa shape index (κ1) is 15.6. The first-order valence-electron chi connectivity index (χ1n) is 6.56. The third-order valence-corrected chi connectivity index (χ3v) is 5.41. The summed E-state index contributed by atoms with van der Waals surface area (Å²) in [5.74, 6) is 0. The maximum atomic E-state index is 12.6. The van der Waals surface area contributed by atoms with Crippen LogP contribution in [0.25, 0.3) is 11.1 Å². The van der Waals surface area contributed by atoms with E-state index >= 15 is 0 Å². The summed E-state index contributed by atoms with van der Waals surface area (Å²) in [5.41, 5.74) is 2.08. The minimum atomic E-state index is -3.84. The van der Waals surface area contributed by atoms with E-state index in [9.17, 15) is 8.42 Å². The molecule has 0 bridgehead atoms.